The number of nitrogens with zero attached hydrogens (tertiary/aromatic N) is 4. The zero-order valence-corrected chi connectivity index (χ0v) is 22.4. The fourth-order valence-electron chi connectivity index (χ4n) is 4.63. The molecule has 4 aromatic heterocycles. The highest BCUT2D eigenvalue weighted by molar-refractivity contribution is 6.06. The average Bonchev–Trinajstić information content (AvgIpc) is 3.45. The maximum Gasteiger partial charge on any atom is 0.271 e. The summed E-state index contributed by atoms with van der Waals surface area (Å²) in [6, 6.07) is 21.8. The molecular weight excluding hydrogens is 537 g/mol. The Labute approximate surface area is 239 Å². The molecule has 6 aromatic rings. The predicted octanol–water partition coefficient (Wildman–Crippen LogP) is 6.13. The van der Waals surface area contributed by atoms with Crippen molar-refractivity contribution in [2.45, 2.75) is 6.92 Å². The molecule has 0 unspecified atom stereocenters. The van der Waals surface area contributed by atoms with Gasteiger partial charge in [0.25, 0.3) is 11.5 Å². The molecule has 1 amide bonds. The lowest BCUT2D eigenvalue weighted by Crippen LogP contribution is -2.29. The standard InChI is InChI=1S/C32H24FN5O4/c1-2-41-27-14-18-37(23-6-4-3-5-7-23)32(40)29(27)31(39)36-22-8-9-26(25(33)20-22)42-28-12-17-35-38-19-13-24(30(28)38)21-10-15-34-16-11-21/h3-20H,2H2,1H3,(H,36,39). The van der Waals surface area contributed by atoms with Gasteiger partial charge < -0.3 is 14.8 Å². The number of carbonyl (C=O) groups excluding carboxylic acids is 1. The molecule has 0 aliphatic heterocycles. The van der Waals surface area contributed by atoms with Crippen molar-refractivity contribution in [2.24, 2.45) is 0 Å². The summed E-state index contributed by atoms with van der Waals surface area (Å²) in [5.41, 5.74) is 2.38. The smallest absolute Gasteiger partial charge is 0.271 e. The molecule has 0 aliphatic carbocycles. The second-order valence-electron chi connectivity index (χ2n) is 9.15. The predicted molar refractivity (Wildman–Crippen MR) is 156 cm³/mol. The number of aromatic nitrogens is 4. The van der Waals surface area contributed by atoms with Gasteiger partial charge in [0.15, 0.2) is 17.3 Å². The van der Waals surface area contributed by atoms with E-state index in [0.29, 0.717) is 17.0 Å². The van der Waals surface area contributed by atoms with Crippen molar-refractivity contribution < 1.29 is 18.7 Å². The fraction of sp³-hybridized carbons (Fsp3) is 0.0625. The number of amides is 1. The Hall–Kier alpha value is -5.77. The molecule has 0 bridgehead atoms. The molecule has 4 heterocycles. The maximum atomic E-state index is 15.3. The summed E-state index contributed by atoms with van der Waals surface area (Å²) in [6.07, 6.45) is 8.27. The van der Waals surface area contributed by atoms with Crippen LogP contribution < -0.4 is 20.3 Å². The average molecular weight is 562 g/mol. The van der Waals surface area contributed by atoms with Gasteiger partial charge in [-0.15, -0.1) is 0 Å². The molecule has 208 valence electrons. The van der Waals surface area contributed by atoms with E-state index in [9.17, 15) is 9.59 Å². The van der Waals surface area contributed by atoms with Crippen LogP contribution in [-0.4, -0.2) is 31.7 Å². The SMILES string of the molecule is CCOc1ccn(-c2ccccc2)c(=O)c1C(=O)Nc1ccc(Oc2ccnn3ccc(-c4ccncc4)c23)c(F)c1. The maximum absolute atomic E-state index is 15.3. The summed E-state index contributed by atoms with van der Waals surface area (Å²) in [7, 11) is 0. The molecular formula is C32H24FN5O4. The first kappa shape index (κ1) is 26.5. The highest BCUT2D eigenvalue weighted by Gasteiger charge is 2.21. The number of nitrogens with one attached hydrogen (secondary N) is 1. The van der Waals surface area contributed by atoms with E-state index in [2.05, 4.69) is 15.4 Å². The number of pyridine rings is 2. The lowest BCUT2D eigenvalue weighted by Gasteiger charge is -2.14. The van der Waals surface area contributed by atoms with Crippen molar-refractivity contribution in [1.82, 2.24) is 19.2 Å². The molecule has 0 saturated heterocycles. The van der Waals surface area contributed by atoms with Crippen molar-refractivity contribution in [1.29, 1.82) is 0 Å². The Balaban J connectivity index is 1.29. The molecule has 6 rings (SSSR count). The van der Waals surface area contributed by atoms with Crippen molar-refractivity contribution >= 4 is 17.1 Å². The molecule has 2 aromatic carbocycles. The highest BCUT2D eigenvalue weighted by atomic mass is 19.1. The first-order valence-corrected chi connectivity index (χ1v) is 13.1. The van der Waals surface area contributed by atoms with E-state index in [-0.39, 0.29) is 29.4 Å². The van der Waals surface area contributed by atoms with Crippen molar-refractivity contribution in [3.8, 4) is 34.1 Å². The van der Waals surface area contributed by atoms with Gasteiger partial charge in [-0.2, -0.15) is 5.10 Å². The van der Waals surface area contributed by atoms with Gasteiger partial charge in [-0.1, -0.05) is 18.2 Å². The van der Waals surface area contributed by atoms with Crippen LogP contribution in [0.3, 0.4) is 0 Å². The quantitative estimate of drug-likeness (QED) is 0.240. The van der Waals surface area contributed by atoms with E-state index in [1.54, 1.807) is 78.8 Å². The van der Waals surface area contributed by atoms with Crippen LogP contribution in [0.1, 0.15) is 17.3 Å². The molecule has 0 radical (unpaired) electrons. The van der Waals surface area contributed by atoms with Crippen LogP contribution in [0.25, 0.3) is 22.3 Å². The van der Waals surface area contributed by atoms with Crippen LogP contribution in [0.5, 0.6) is 17.2 Å². The number of para-hydroxylation sites is 1. The second kappa shape index (κ2) is 11.4. The van der Waals surface area contributed by atoms with Crippen LogP contribution in [0.2, 0.25) is 0 Å². The minimum absolute atomic E-state index is 0.0517. The molecule has 0 atom stereocenters. The third kappa shape index (κ3) is 5.08. The van der Waals surface area contributed by atoms with Crippen LogP contribution >= 0.6 is 0 Å². The van der Waals surface area contributed by atoms with Gasteiger partial charge in [-0.3, -0.25) is 19.1 Å². The summed E-state index contributed by atoms with van der Waals surface area (Å²) in [5.74, 6) is -0.965. The van der Waals surface area contributed by atoms with E-state index in [4.69, 9.17) is 9.47 Å². The summed E-state index contributed by atoms with van der Waals surface area (Å²) in [6.45, 7) is 2.01. The van der Waals surface area contributed by atoms with E-state index in [0.717, 1.165) is 17.2 Å². The summed E-state index contributed by atoms with van der Waals surface area (Å²) < 4.78 is 29.9. The van der Waals surface area contributed by atoms with Crippen molar-refractivity contribution in [3.63, 3.8) is 0 Å². The lowest BCUT2D eigenvalue weighted by atomic mass is 10.1. The minimum Gasteiger partial charge on any atom is -0.493 e. The van der Waals surface area contributed by atoms with Gasteiger partial charge in [0, 0.05) is 53.9 Å². The third-order valence-electron chi connectivity index (χ3n) is 6.53. The van der Waals surface area contributed by atoms with Crippen molar-refractivity contribution in [2.75, 3.05) is 11.9 Å². The number of ether oxygens (including phenoxy) is 2. The molecule has 9 nitrogen and oxygen atoms in total. The van der Waals surface area contributed by atoms with Crippen LogP contribution in [0.15, 0.2) is 115 Å². The van der Waals surface area contributed by atoms with E-state index < -0.39 is 17.3 Å². The number of carbonyl (C=O) groups is 1. The topological polar surface area (TPSA) is 99.8 Å². The molecule has 0 aliphatic rings. The second-order valence-corrected chi connectivity index (χ2v) is 9.15. The Morgan fingerprint density at radius 1 is 0.905 bits per heavy atom. The number of rotatable bonds is 8. The number of benzene rings is 2. The van der Waals surface area contributed by atoms with E-state index >= 15 is 4.39 Å². The Morgan fingerprint density at radius 2 is 1.71 bits per heavy atom. The lowest BCUT2D eigenvalue weighted by molar-refractivity contribution is 0.102. The number of anilines is 1. The Kier molecular flexibility index (Phi) is 7.17. The summed E-state index contributed by atoms with van der Waals surface area (Å²) in [5, 5.41) is 6.94. The number of hydrogen-bond donors (Lipinski definition) is 1. The van der Waals surface area contributed by atoms with Crippen LogP contribution in [0, 0.1) is 5.82 Å². The van der Waals surface area contributed by atoms with Gasteiger partial charge in [0.05, 0.1) is 12.8 Å². The molecule has 42 heavy (non-hydrogen) atoms. The molecule has 0 fully saturated rings. The summed E-state index contributed by atoms with van der Waals surface area (Å²) in [4.78, 5) is 30.7. The largest absolute Gasteiger partial charge is 0.493 e. The van der Waals surface area contributed by atoms with Gasteiger partial charge in [0.2, 0.25) is 0 Å². The first-order valence-electron chi connectivity index (χ1n) is 13.1. The van der Waals surface area contributed by atoms with Gasteiger partial charge in [0.1, 0.15) is 16.8 Å². The molecule has 10 heteroatoms. The molecule has 1 N–H and O–H groups in total. The van der Waals surface area contributed by atoms with Gasteiger partial charge >= 0.3 is 0 Å². The summed E-state index contributed by atoms with van der Waals surface area (Å²) >= 11 is 0. The third-order valence-corrected chi connectivity index (χ3v) is 6.53. The Morgan fingerprint density at radius 3 is 2.48 bits per heavy atom. The molecule has 0 saturated carbocycles. The van der Waals surface area contributed by atoms with Gasteiger partial charge in [-0.25, -0.2) is 8.91 Å². The number of halogens is 1. The van der Waals surface area contributed by atoms with Crippen LogP contribution in [0.4, 0.5) is 10.1 Å². The molecule has 0 spiro atoms. The minimum atomic E-state index is -0.729. The van der Waals surface area contributed by atoms with Crippen molar-refractivity contribution in [3.05, 3.63) is 132 Å². The number of hydrogen-bond acceptors (Lipinski definition) is 6. The first-order chi connectivity index (χ1) is 20.5. The zero-order chi connectivity index (χ0) is 29.1. The normalized spacial score (nSPS) is 10.9. The fourth-order valence-corrected chi connectivity index (χ4v) is 4.63. The zero-order valence-electron chi connectivity index (χ0n) is 22.4. The van der Waals surface area contributed by atoms with Gasteiger partial charge in [-0.05, 0) is 61.0 Å². The monoisotopic (exact) mass is 561 g/mol. The highest BCUT2D eigenvalue weighted by Crippen LogP contribution is 2.35. The number of fused-ring (bicyclic) bond motifs is 1. The van der Waals surface area contributed by atoms with E-state index in [1.165, 1.54) is 16.7 Å². The Bertz CT molecular complexity index is 1960. The van der Waals surface area contributed by atoms with E-state index in [1.807, 2.05) is 24.3 Å². The van der Waals surface area contributed by atoms with Crippen LogP contribution in [-0.2, 0) is 0 Å².